The van der Waals surface area contributed by atoms with Gasteiger partial charge in [0.25, 0.3) is 0 Å². The Bertz CT molecular complexity index is 386. The number of carbonyl (C=O) groups excluding carboxylic acids is 1. The van der Waals surface area contributed by atoms with Crippen LogP contribution in [0.15, 0.2) is 11.0 Å². The van der Waals surface area contributed by atoms with Crippen LogP contribution in [0.5, 0.6) is 0 Å². The highest BCUT2D eigenvalue weighted by Gasteiger charge is 2.53. The Kier molecular flexibility index (Phi) is 3.70. The first kappa shape index (κ1) is 12.8. The van der Waals surface area contributed by atoms with Crippen molar-refractivity contribution in [3.8, 4) is 0 Å². The van der Waals surface area contributed by atoms with Gasteiger partial charge in [-0.15, -0.1) is 11.8 Å². The van der Waals surface area contributed by atoms with E-state index in [0.717, 1.165) is 11.3 Å². The Morgan fingerprint density at radius 1 is 1.71 bits per heavy atom. The lowest BCUT2D eigenvalue weighted by Gasteiger charge is -2.50. The van der Waals surface area contributed by atoms with Crippen molar-refractivity contribution in [1.29, 1.82) is 0 Å². The van der Waals surface area contributed by atoms with E-state index in [1.165, 1.54) is 16.7 Å². The number of β-lactam (4-membered cyclic amide) rings is 1. The van der Waals surface area contributed by atoms with Gasteiger partial charge in [0.2, 0.25) is 5.91 Å². The van der Waals surface area contributed by atoms with Gasteiger partial charge in [-0.3, -0.25) is 4.79 Å². The van der Waals surface area contributed by atoms with Crippen molar-refractivity contribution in [3.05, 3.63) is 11.0 Å². The van der Waals surface area contributed by atoms with E-state index in [-0.39, 0.29) is 11.3 Å². The lowest BCUT2D eigenvalue weighted by atomic mass is 10.00. The number of hydrogen-bond donors (Lipinski definition) is 2. The predicted octanol–water partition coefficient (Wildman–Crippen LogP) is 0.319. The largest absolute Gasteiger partial charge is 0.479 e. The highest BCUT2D eigenvalue weighted by Crippen LogP contribution is 2.39. The van der Waals surface area contributed by atoms with Gasteiger partial charge >= 0.3 is 5.97 Å². The molecule has 0 aliphatic carbocycles. The van der Waals surface area contributed by atoms with Gasteiger partial charge in [-0.2, -0.15) is 11.8 Å². The first-order chi connectivity index (χ1) is 8.07. The molecule has 2 aliphatic rings. The Hall–Kier alpha value is -0.660. The molecular formula is C10H14N2O3S2. The van der Waals surface area contributed by atoms with E-state index in [1.807, 2.05) is 12.3 Å². The highest BCUT2D eigenvalue weighted by molar-refractivity contribution is 8.03. The number of carboxylic acids is 1. The molecule has 0 aromatic carbocycles. The third-order valence-electron chi connectivity index (χ3n) is 2.82. The molecule has 0 aromatic heterocycles. The molecule has 3 N–H and O–H groups in total. The van der Waals surface area contributed by atoms with E-state index >= 15 is 0 Å². The van der Waals surface area contributed by atoms with Crippen molar-refractivity contribution < 1.29 is 14.7 Å². The average molecular weight is 274 g/mol. The zero-order valence-corrected chi connectivity index (χ0v) is 11.0. The number of amides is 1. The second-order valence-electron chi connectivity index (χ2n) is 3.87. The summed E-state index contributed by atoms with van der Waals surface area (Å²) in [5.41, 5.74) is 6.43. The first-order valence-electron chi connectivity index (χ1n) is 5.30. The van der Waals surface area contributed by atoms with Crippen molar-refractivity contribution in [3.63, 3.8) is 0 Å². The molecule has 1 saturated heterocycles. The molecule has 7 heteroatoms. The van der Waals surface area contributed by atoms with Gasteiger partial charge in [0.1, 0.15) is 11.4 Å². The molecule has 1 fully saturated rings. The molecule has 2 rings (SSSR count). The Morgan fingerprint density at radius 2 is 2.41 bits per heavy atom. The van der Waals surface area contributed by atoms with Gasteiger partial charge in [0.05, 0.1) is 0 Å². The summed E-state index contributed by atoms with van der Waals surface area (Å²) in [5.74, 6) is 0.331. The fourth-order valence-electron chi connectivity index (χ4n) is 1.95. The van der Waals surface area contributed by atoms with Gasteiger partial charge in [-0.25, -0.2) is 4.79 Å². The van der Waals surface area contributed by atoms with Crippen molar-refractivity contribution in [1.82, 2.24) is 4.90 Å². The topological polar surface area (TPSA) is 83.6 Å². The van der Waals surface area contributed by atoms with Gasteiger partial charge in [0, 0.05) is 5.75 Å². The normalized spacial score (nSPS) is 31.6. The molecule has 3 atom stereocenters. The molecule has 0 bridgehead atoms. The van der Waals surface area contributed by atoms with E-state index in [2.05, 4.69) is 0 Å². The second kappa shape index (κ2) is 4.91. The fraction of sp³-hybridized carbons (Fsp3) is 0.600. The van der Waals surface area contributed by atoms with Crippen molar-refractivity contribution in [2.45, 2.75) is 24.4 Å². The molecule has 5 nitrogen and oxygen atoms in total. The van der Waals surface area contributed by atoms with Gasteiger partial charge in [-0.1, -0.05) is 6.92 Å². The van der Waals surface area contributed by atoms with E-state index in [0.29, 0.717) is 5.75 Å². The van der Waals surface area contributed by atoms with Crippen LogP contribution in [0.1, 0.15) is 6.92 Å². The minimum Gasteiger partial charge on any atom is -0.479 e. The number of fused-ring (bicyclic) bond motifs is 1. The van der Waals surface area contributed by atoms with E-state index in [4.69, 9.17) is 5.73 Å². The maximum atomic E-state index is 11.6. The maximum Gasteiger partial charge on any atom is 0.330 e. The molecule has 2 aliphatic heterocycles. The Labute approximate surface area is 108 Å². The Morgan fingerprint density at radius 3 is 3.00 bits per heavy atom. The van der Waals surface area contributed by atoms with Crippen LogP contribution in [0, 0.1) is 0 Å². The SMILES string of the molecule is CCSCC1=CS[C@@H]2C(N)C(=O)N2C1C(=O)O. The number of aliphatic carboxylic acids is 1. The van der Waals surface area contributed by atoms with E-state index in [1.54, 1.807) is 11.8 Å². The number of thioether (sulfide) groups is 2. The highest BCUT2D eigenvalue weighted by atomic mass is 32.2. The number of rotatable bonds is 4. The van der Waals surface area contributed by atoms with E-state index < -0.39 is 18.1 Å². The zero-order chi connectivity index (χ0) is 12.6. The molecule has 0 saturated carbocycles. The van der Waals surface area contributed by atoms with Crippen molar-refractivity contribution in [2.24, 2.45) is 5.73 Å². The first-order valence-corrected chi connectivity index (χ1v) is 7.40. The summed E-state index contributed by atoms with van der Waals surface area (Å²) in [6.07, 6.45) is 0. The van der Waals surface area contributed by atoms with Crippen LogP contribution in [0.4, 0.5) is 0 Å². The second-order valence-corrected chi connectivity index (χ2v) is 6.13. The van der Waals surface area contributed by atoms with Gasteiger partial charge in [0.15, 0.2) is 6.04 Å². The molecule has 0 spiro atoms. The van der Waals surface area contributed by atoms with Crippen molar-refractivity contribution >= 4 is 35.4 Å². The molecule has 0 radical (unpaired) electrons. The maximum absolute atomic E-state index is 11.6. The van der Waals surface area contributed by atoms with Crippen LogP contribution in [0.2, 0.25) is 0 Å². The summed E-state index contributed by atoms with van der Waals surface area (Å²) in [5, 5.41) is 10.9. The zero-order valence-electron chi connectivity index (χ0n) is 9.33. The lowest BCUT2D eigenvalue weighted by molar-refractivity contribution is -0.157. The molecule has 2 heterocycles. The molecule has 0 aromatic rings. The Balaban J connectivity index is 2.19. The number of carboxylic acid groups (broad SMARTS) is 1. The molecule has 1 amide bonds. The van der Waals surface area contributed by atoms with Crippen LogP contribution in [0.3, 0.4) is 0 Å². The minimum atomic E-state index is -0.974. The summed E-state index contributed by atoms with van der Waals surface area (Å²) in [6, 6.07) is -1.38. The summed E-state index contributed by atoms with van der Waals surface area (Å²) in [7, 11) is 0. The number of carbonyl (C=O) groups is 2. The summed E-state index contributed by atoms with van der Waals surface area (Å²) in [4.78, 5) is 24.3. The average Bonchev–Trinajstić information content (AvgIpc) is 2.33. The fourth-order valence-corrected chi connectivity index (χ4v) is 3.90. The third kappa shape index (κ3) is 2.07. The van der Waals surface area contributed by atoms with Gasteiger partial charge in [-0.05, 0) is 16.7 Å². The monoisotopic (exact) mass is 274 g/mol. The summed E-state index contributed by atoms with van der Waals surface area (Å²) in [6.45, 7) is 2.02. The standard InChI is InChI=1S/C10H14N2O3S2/c1-2-16-3-5-4-17-9-6(11)8(13)12(9)7(5)10(14)15/h4,6-7,9H,2-3,11H2,1H3,(H,14,15)/t6?,7?,9-/m1/s1. The number of nitrogens with zero attached hydrogens (tertiary/aromatic N) is 1. The number of hydrogen-bond acceptors (Lipinski definition) is 5. The van der Waals surface area contributed by atoms with Crippen LogP contribution in [0.25, 0.3) is 0 Å². The predicted molar refractivity (Wildman–Crippen MR) is 68.7 cm³/mol. The van der Waals surface area contributed by atoms with Crippen molar-refractivity contribution in [2.75, 3.05) is 11.5 Å². The third-order valence-corrected chi connectivity index (χ3v) is 5.00. The lowest BCUT2D eigenvalue weighted by Crippen LogP contribution is -2.72. The summed E-state index contributed by atoms with van der Waals surface area (Å²) >= 11 is 3.10. The molecular weight excluding hydrogens is 260 g/mol. The van der Waals surface area contributed by atoms with Crippen LogP contribution in [-0.4, -0.2) is 50.8 Å². The quantitative estimate of drug-likeness (QED) is 0.718. The van der Waals surface area contributed by atoms with Crippen LogP contribution >= 0.6 is 23.5 Å². The molecule has 2 unspecified atom stereocenters. The number of nitrogens with two attached hydrogens (primary N) is 1. The van der Waals surface area contributed by atoms with Gasteiger partial charge < -0.3 is 15.7 Å². The minimum absolute atomic E-state index is 0.209. The summed E-state index contributed by atoms with van der Waals surface area (Å²) < 4.78 is 0. The molecule has 17 heavy (non-hydrogen) atoms. The van der Waals surface area contributed by atoms with E-state index in [9.17, 15) is 14.7 Å². The molecule has 94 valence electrons. The van der Waals surface area contributed by atoms with Crippen LogP contribution < -0.4 is 5.73 Å². The smallest absolute Gasteiger partial charge is 0.330 e. The van der Waals surface area contributed by atoms with Crippen LogP contribution in [-0.2, 0) is 9.59 Å².